The molecule has 0 saturated carbocycles. The molecule has 0 aromatic heterocycles. The van der Waals surface area contributed by atoms with Crippen LogP contribution >= 0.6 is 23.2 Å². The standard InChI is InChI=1S/C14H15Cl2NO4/c1-14(13(19)20)4-5-17(8-14)12(18)7-21-11-6-9(15)2-3-10(11)16/h2-3,6H,4-5,7-8H2,1H3,(H,19,20). The maximum atomic E-state index is 12.1. The number of hydrogen-bond acceptors (Lipinski definition) is 3. The molecule has 1 aliphatic heterocycles. The van der Waals surface area contributed by atoms with Gasteiger partial charge in [-0.1, -0.05) is 23.2 Å². The minimum atomic E-state index is -0.892. The average molecular weight is 332 g/mol. The summed E-state index contributed by atoms with van der Waals surface area (Å²) in [5.41, 5.74) is -0.886. The lowest BCUT2D eigenvalue weighted by molar-refractivity contribution is -0.147. The quantitative estimate of drug-likeness (QED) is 0.921. The molecule has 0 bridgehead atoms. The van der Waals surface area contributed by atoms with Crippen LogP contribution < -0.4 is 4.74 Å². The average Bonchev–Trinajstić information content (AvgIpc) is 2.84. The first kappa shape index (κ1) is 15.9. The van der Waals surface area contributed by atoms with Gasteiger partial charge in [-0.2, -0.15) is 0 Å². The Balaban J connectivity index is 1.94. The normalized spacial score (nSPS) is 21.4. The van der Waals surface area contributed by atoms with Crippen LogP contribution in [0.1, 0.15) is 13.3 Å². The Morgan fingerprint density at radius 1 is 1.43 bits per heavy atom. The number of rotatable bonds is 4. The highest BCUT2D eigenvalue weighted by molar-refractivity contribution is 6.34. The molecule has 1 amide bonds. The molecule has 0 radical (unpaired) electrons. The highest BCUT2D eigenvalue weighted by atomic mass is 35.5. The van der Waals surface area contributed by atoms with E-state index in [-0.39, 0.29) is 19.1 Å². The van der Waals surface area contributed by atoms with Gasteiger partial charge < -0.3 is 14.7 Å². The minimum Gasteiger partial charge on any atom is -0.482 e. The van der Waals surface area contributed by atoms with E-state index in [4.69, 9.17) is 33.0 Å². The van der Waals surface area contributed by atoms with Crippen molar-refractivity contribution >= 4 is 35.1 Å². The first-order valence-electron chi connectivity index (χ1n) is 6.41. The van der Waals surface area contributed by atoms with Crippen molar-refractivity contribution in [2.75, 3.05) is 19.7 Å². The van der Waals surface area contributed by atoms with Gasteiger partial charge in [0.05, 0.1) is 10.4 Å². The number of benzene rings is 1. The second-order valence-corrected chi connectivity index (χ2v) is 6.14. The molecule has 114 valence electrons. The van der Waals surface area contributed by atoms with Crippen molar-refractivity contribution < 1.29 is 19.4 Å². The number of carbonyl (C=O) groups is 2. The molecule has 1 unspecified atom stereocenters. The van der Waals surface area contributed by atoms with Crippen molar-refractivity contribution in [3.05, 3.63) is 28.2 Å². The van der Waals surface area contributed by atoms with Gasteiger partial charge in [0.1, 0.15) is 5.75 Å². The van der Waals surface area contributed by atoms with Crippen LogP contribution in [0.3, 0.4) is 0 Å². The van der Waals surface area contributed by atoms with E-state index in [1.54, 1.807) is 19.1 Å². The van der Waals surface area contributed by atoms with Crippen LogP contribution in [-0.4, -0.2) is 41.6 Å². The monoisotopic (exact) mass is 331 g/mol. The Hall–Kier alpha value is -1.46. The third kappa shape index (κ3) is 3.60. The summed E-state index contributed by atoms with van der Waals surface area (Å²) in [5.74, 6) is -0.828. The van der Waals surface area contributed by atoms with Crippen LogP contribution in [0.25, 0.3) is 0 Å². The Morgan fingerprint density at radius 3 is 2.76 bits per heavy atom. The molecule has 21 heavy (non-hydrogen) atoms. The van der Waals surface area contributed by atoms with Gasteiger partial charge in [0.25, 0.3) is 5.91 Å². The number of halogens is 2. The number of hydrogen-bond donors (Lipinski definition) is 1. The summed E-state index contributed by atoms with van der Waals surface area (Å²) < 4.78 is 5.37. The highest BCUT2D eigenvalue weighted by Gasteiger charge is 2.42. The SMILES string of the molecule is CC1(C(=O)O)CCN(C(=O)COc2cc(Cl)ccc2Cl)C1. The lowest BCUT2D eigenvalue weighted by Gasteiger charge is -2.20. The van der Waals surface area contributed by atoms with E-state index < -0.39 is 11.4 Å². The third-order valence-corrected chi connectivity index (χ3v) is 4.13. The van der Waals surface area contributed by atoms with Crippen LogP contribution in [0.15, 0.2) is 18.2 Å². The summed E-state index contributed by atoms with van der Waals surface area (Å²) in [5, 5.41) is 9.97. The van der Waals surface area contributed by atoms with Gasteiger partial charge in [-0.05, 0) is 25.5 Å². The lowest BCUT2D eigenvalue weighted by atomic mass is 9.90. The van der Waals surface area contributed by atoms with Crippen molar-refractivity contribution in [3.8, 4) is 5.75 Å². The smallest absolute Gasteiger partial charge is 0.311 e. The second kappa shape index (κ2) is 6.12. The van der Waals surface area contributed by atoms with E-state index in [9.17, 15) is 9.59 Å². The fraction of sp³-hybridized carbons (Fsp3) is 0.429. The summed E-state index contributed by atoms with van der Waals surface area (Å²) in [6.07, 6.45) is 0.437. The van der Waals surface area contributed by atoms with E-state index in [2.05, 4.69) is 0 Å². The number of carboxylic acids is 1. The Kier molecular flexibility index (Phi) is 4.64. The Labute approximate surface area is 132 Å². The summed E-state index contributed by atoms with van der Waals surface area (Å²) in [6, 6.07) is 4.74. The molecule has 1 atom stereocenters. The molecule has 1 heterocycles. The van der Waals surface area contributed by atoms with E-state index in [0.717, 1.165) is 0 Å². The van der Waals surface area contributed by atoms with Gasteiger partial charge in [-0.15, -0.1) is 0 Å². The third-order valence-electron chi connectivity index (χ3n) is 3.59. The van der Waals surface area contributed by atoms with Gasteiger partial charge in [0.15, 0.2) is 6.61 Å². The molecule has 1 aromatic carbocycles. The first-order chi connectivity index (χ1) is 9.82. The number of aliphatic carboxylic acids is 1. The fourth-order valence-electron chi connectivity index (χ4n) is 2.17. The molecule has 1 saturated heterocycles. The molecule has 7 heteroatoms. The predicted molar refractivity (Wildman–Crippen MR) is 78.9 cm³/mol. The largest absolute Gasteiger partial charge is 0.482 e. The predicted octanol–water partition coefficient (Wildman–Crippen LogP) is 2.70. The zero-order chi connectivity index (χ0) is 15.6. The Bertz CT molecular complexity index is 578. The van der Waals surface area contributed by atoms with E-state index in [1.807, 2.05) is 0 Å². The number of likely N-dealkylation sites (tertiary alicyclic amines) is 1. The molecule has 5 nitrogen and oxygen atoms in total. The number of amides is 1. The van der Waals surface area contributed by atoms with Crippen LogP contribution in [0.2, 0.25) is 10.0 Å². The zero-order valence-electron chi connectivity index (χ0n) is 11.4. The van der Waals surface area contributed by atoms with Gasteiger partial charge in [0.2, 0.25) is 0 Å². The molecular weight excluding hydrogens is 317 g/mol. The maximum absolute atomic E-state index is 12.1. The lowest BCUT2D eigenvalue weighted by Crippen LogP contribution is -2.37. The number of ether oxygens (including phenoxy) is 1. The van der Waals surface area contributed by atoms with Crippen molar-refractivity contribution in [1.29, 1.82) is 0 Å². The number of nitrogens with zero attached hydrogens (tertiary/aromatic N) is 1. The van der Waals surface area contributed by atoms with Crippen molar-refractivity contribution in [3.63, 3.8) is 0 Å². The van der Waals surface area contributed by atoms with E-state index >= 15 is 0 Å². The molecule has 1 aliphatic rings. The summed E-state index contributed by atoms with van der Waals surface area (Å²) in [4.78, 5) is 24.7. The van der Waals surface area contributed by atoms with Gasteiger partial charge in [0, 0.05) is 24.2 Å². The summed E-state index contributed by atoms with van der Waals surface area (Å²) >= 11 is 11.8. The van der Waals surface area contributed by atoms with Crippen molar-refractivity contribution in [2.45, 2.75) is 13.3 Å². The maximum Gasteiger partial charge on any atom is 0.311 e. The topological polar surface area (TPSA) is 66.8 Å². The first-order valence-corrected chi connectivity index (χ1v) is 7.16. The van der Waals surface area contributed by atoms with E-state index in [1.165, 1.54) is 11.0 Å². The number of carboxylic acid groups (broad SMARTS) is 1. The molecule has 2 rings (SSSR count). The van der Waals surface area contributed by atoms with Crippen LogP contribution in [-0.2, 0) is 9.59 Å². The zero-order valence-corrected chi connectivity index (χ0v) is 12.9. The van der Waals surface area contributed by atoms with Gasteiger partial charge >= 0.3 is 5.97 Å². The van der Waals surface area contributed by atoms with Gasteiger partial charge in [-0.25, -0.2) is 0 Å². The molecule has 0 spiro atoms. The molecule has 1 fully saturated rings. The Morgan fingerprint density at radius 2 is 2.14 bits per heavy atom. The summed E-state index contributed by atoms with van der Waals surface area (Å²) in [7, 11) is 0. The molecule has 1 N–H and O–H groups in total. The van der Waals surface area contributed by atoms with Crippen molar-refractivity contribution in [2.24, 2.45) is 5.41 Å². The van der Waals surface area contributed by atoms with Crippen molar-refractivity contribution in [1.82, 2.24) is 4.90 Å². The molecule has 1 aromatic rings. The molecular formula is C14H15Cl2NO4. The van der Waals surface area contributed by atoms with Gasteiger partial charge in [-0.3, -0.25) is 9.59 Å². The number of carbonyl (C=O) groups excluding carboxylic acids is 1. The molecule has 0 aliphatic carbocycles. The minimum absolute atomic E-state index is 0.188. The van der Waals surface area contributed by atoms with Crippen LogP contribution in [0, 0.1) is 5.41 Å². The summed E-state index contributed by atoms with van der Waals surface area (Å²) in [6.45, 7) is 2.04. The second-order valence-electron chi connectivity index (χ2n) is 5.29. The fourth-order valence-corrected chi connectivity index (χ4v) is 2.50. The van der Waals surface area contributed by atoms with E-state index in [0.29, 0.717) is 28.8 Å². The highest BCUT2D eigenvalue weighted by Crippen LogP contribution is 2.31. The van der Waals surface area contributed by atoms with Crippen LogP contribution in [0.5, 0.6) is 5.75 Å². The van der Waals surface area contributed by atoms with Crippen LogP contribution in [0.4, 0.5) is 0 Å².